The number of nitrogens with zero attached hydrogens (tertiary/aromatic N) is 2. The minimum absolute atomic E-state index is 0.301. The first-order valence-electron chi connectivity index (χ1n) is 3.57. The van der Waals surface area contributed by atoms with Crippen molar-refractivity contribution < 1.29 is 4.21 Å². The van der Waals surface area contributed by atoms with E-state index >= 15 is 0 Å². The third-order valence-electron chi connectivity index (χ3n) is 1.42. The quantitative estimate of drug-likeness (QED) is 0.582. The van der Waals surface area contributed by atoms with Crippen LogP contribution in [0.3, 0.4) is 0 Å². The molecule has 6 nitrogen and oxygen atoms in total. The van der Waals surface area contributed by atoms with Crippen LogP contribution in [0.25, 0.3) is 0 Å². The molecular formula is C6H11N5OS. The summed E-state index contributed by atoms with van der Waals surface area (Å²) in [5.74, 6) is 0.987. The van der Waals surface area contributed by atoms with Gasteiger partial charge in [-0.1, -0.05) is 0 Å². The van der Waals surface area contributed by atoms with Crippen molar-refractivity contribution in [3.8, 4) is 0 Å². The predicted octanol–water partition coefficient (Wildman–Crippen LogP) is -1.01. The second-order valence-corrected chi connectivity index (χ2v) is 3.33. The second-order valence-electron chi connectivity index (χ2n) is 2.45. The number of nitrogen functional groups attached to an aromatic ring is 1. The van der Waals surface area contributed by atoms with E-state index in [2.05, 4.69) is 14.7 Å². The van der Waals surface area contributed by atoms with E-state index in [0.29, 0.717) is 23.8 Å². The van der Waals surface area contributed by atoms with Crippen LogP contribution in [0.1, 0.15) is 11.4 Å². The highest BCUT2D eigenvalue weighted by molar-refractivity contribution is 7.80. The van der Waals surface area contributed by atoms with Gasteiger partial charge in [0, 0.05) is 18.3 Å². The number of rotatable bonds is 3. The van der Waals surface area contributed by atoms with Crippen molar-refractivity contribution >= 4 is 17.0 Å². The van der Waals surface area contributed by atoms with E-state index in [1.165, 1.54) is 0 Å². The van der Waals surface area contributed by atoms with Gasteiger partial charge in [-0.25, -0.2) is 24.0 Å². The molecule has 0 aliphatic rings. The van der Waals surface area contributed by atoms with Crippen LogP contribution in [-0.4, -0.2) is 14.2 Å². The lowest BCUT2D eigenvalue weighted by molar-refractivity contribution is 0.673. The Kier molecular flexibility index (Phi) is 3.29. The lowest BCUT2D eigenvalue weighted by Crippen LogP contribution is -2.23. The summed E-state index contributed by atoms with van der Waals surface area (Å²) in [5, 5.41) is 5.00. The first-order valence-corrected chi connectivity index (χ1v) is 4.78. The molecule has 0 aliphatic carbocycles. The average Bonchev–Trinajstić information content (AvgIpc) is 2.02. The van der Waals surface area contributed by atoms with Crippen molar-refractivity contribution in [1.29, 1.82) is 0 Å². The Morgan fingerprint density at radius 1 is 1.69 bits per heavy atom. The molecule has 1 rings (SSSR count). The summed E-state index contributed by atoms with van der Waals surface area (Å²) in [7, 11) is 0. The first-order chi connectivity index (χ1) is 6.09. The Hall–Kier alpha value is -1.05. The zero-order valence-corrected chi connectivity index (χ0v) is 7.97. The number of hydrogen-bond donors (Lipinski definition) is 3. The minimum Gasteiger partial charge on any atom is -0.383 e. The molecule has 13 heavy (non-hydrogen) atoms. The van der Waals surface area contributed by atoms with E-state index < -0.39 is 11.2 Å². The summed E-state index contributed by atoms with van der Waals surface area (Å²) in [4.78, 5) is 7.89. The Bertz CT molecular complexity index is 329. The molecule has 72 valence electrons. The molecule has 5 N–H and O–H groups in total. The lowest BCUT2D eigenvalue weighted by Gasteiger charge is -2.03. The van der Waals surface area contributed by atoms with Gasteiger partial charge in [-0.15, -0.1) is 0 Å². The van der Waals surface area contributed by atoms with Crippen LogP contribution in [0, 0.1) is 6.92 Å². The van der Waals surface area contributed by atoms with Crippen LogP contribution in [0.15, 0.2) is 6.20 Å². The van der Waals surface area contributed by atoms with E-state index in [1.54, 1.807) is 13.1 Å². The van der Waals surface area contributed by atoms with Gasteiger partial charge in [0.15, 0.2) is 11.2 Å². The van der Waals surface area contributed by atoms with Gasteiger partial charge in [0.25, 0.3) is 0 Å². The highest BCUT2D eigenvalue weighted by Crippen LogP contribution is 2.05. The molecule has 0 bridgehead atoms. The summed E-state index contributed by atoms with van der Waals surface area (Å²) >= 11 is -1.54. The number of aromatic nitrogens is 2. The molecule has 0 spiro atoms. The van der Waals surface area contributed by atoms with Gasteiger partial charge in [-0.3, -0.25) is 0 Å². The van der Waals surface area contributed by atoms with Crippen molar-refractivity contribution in [2.75, 3.05) is 5.73 Å². The fourth-order valence-corrected chi connectivity index (χ4v) is 1.10. The first kappa shape index (κ1) is 10.0. The third kappa shape index (κ3) is 3.05. The van der Waals surface area contributed by atoms with E-state index in [-0.39, 0.29) is 0 Å². The monoisotopic (exact) mass is 201 g/mol. The molecule has 0 fully saturated rings. The molecular weight excluding hydrogens is 190 g/mol. The van der Waals surface area contributed by atoms with Crippen LogP contribution in [0.4, 0.5) is 5.82 Å². The van der Waals surface area contributed by atoms with Crippen LogP contribution < -0.4 is 15.6 Å². The normalized spacial score (nSPS) is 12.8. The average molecular weight is 201 g/mol. The summed E-state index contributed by atoms with van der Waals surface area (Å²) in [6, 6.07) is 0. The van der Waals surface area contributed by atoms with Gasteiger partial charge < -0.3 is 5.73 Å². The molecule has 1 heterocycles. The van der Waals surface area contributed by atoms with Gasteiger partial charge in [0.2, 0.25) is 0 Å². The maximum absolute atomic E-state index is 10.5. The molecule has 0 saturated carbocycles. The predicted molar refractivity (Wildman–Crippen MR) is 50.4 cm³/mol. The number of anilines is 1. The Labute approximate surface area is 78.5 Å². The molecule has 0 saturated heterocycles. The van der Waals surface area contributed by atoms with Crippen LogP contribution in [0.5, 0.6) is 0 Å². The Balaban J connectivity index is 2.72. The number of hydrogen-bond acceptors (Lipinski definition) is 4. The van der Waals surface area contributed by atoms with Crippen molar-refractivity contribution in [1.82, 2.24) is 14.7 Å². The van der Waals surface area contributed by atoms with Gasteiger partial charge in [0.05, 0.1) is 0 Å². The van der Waals surface area contributed by atoms with Crippen molar-refractivity contribution in [2.45, 2.75) is 13.5 Å². The number of aryl methyl sites for hydroxylation is 1. The molecule has 0 aliphatic heterocycles. The maximum Gasteiger partial charge on any atom is 0.164 e. The van der Waals surface area contributed by atoms with Gasteiger partial charge in [-0.05, 0) is 6.92 Å². The fraction of sp³-hybridized carbons (Fsp3) is 0.333. The summed E-state index contributed by atoms with van der Waals surface area (Å²) in [6.07, 6.45) is 1.58. The second kappa shape index (κ2) is 4.26. The zero-order chi connectivity index (χ0) is 9.84. The zero-order valence-electron chi connectivity index (χ0n) is 7.15. The molecule has 1 aromatic rings. The van der Waals surface area contributed by atoms with Crippen LogP contribution >= 0.6 is 0 Å². The summed E-state index contributed by atoms with van der Waals surface area (Å²) in [6.45, 7) is 2.05. The highest BCUT2D eigenvalue weighted by Gasteiger charge is 2.01. The van der Waals surface area contributed by atoms with Crippen molar-refractivity contribution in [3.05, 3.63) is 17.6 Å². The van der Waals surface area contributed by atoms with Crippen molar-refractivity contribution in [2.24, 2.45) is 5.14 Å². The van der Waals surface area contributed by atoms with Gasteiger partial charge >= 0.3 is 0 Å². The minimum atomic E-state index is -1.54. The Morgan fingerprint density at radius 3 is 2.92 bits per heavy atom. The molecule has 1 aromatic heterocycles. The molecule has 1 atom stereocenters. The van der Waals surface area contributed by atoms with Crippen LogP contribution in [-0.2, 0) is 17.7 Å². The molecule has 7 heteroatoms. The Morgan fingerprint density at radius 2 is 2.38 bits per heavy atom. The van der Waals surface area contributed by atoms with E-state index in [0.717, 1.165) is 0 Å². The van der Waals surface area contributed by atoms with Gasteiger partial charge in [0.1, 0.15) is 11.6 Å². The number of nitrogens with one attached hydrogen (secondary N) is 1. The van der Waals surface area contributed by atoms with E-state index in [9.17, 15) is 4.21 Å². The van der Waals surface area contributed by atoms with Crippen molar-refractivity contribution in [3.63, 3.8) is 0 Å². The maximum atomic E-state index is 10.5. The molecule has 0 amide bonds. The lowest BCUT2D eigenvalue weighted by atomic mass is 10.3. The van der Waals surface area contributed by atoms with E-state index in [4.69, 9.17) is 10.9 Å². The van der Waals surface area contributed by atoms with Crippen LogP contribution in [0.2, 0.25) is 0 Å². The summed E-state index contributed by atoms with van der Waals surface area (Å²) < 4.78 is 13.0. The van der Waals surface area contributed by atoms with E-state index in [1.807, 2.05) is 0 Å². The summed E-state index contributed by atoms with van der Waals surface area (Å²) in [5.41, 5.74) is 6.26. The standard InChI is InChI=1S/C6H11N5OS/c1-4-9-2-5(6(7)11-4)3-10-13(8)12/h2,10H,3,8H2,1H3,(H2,7,9,11). The van der Waals surface area contributed by atoms with Gasteiger partial charge in [-0.2, -0.15) is 0 Å². The third-order valence-corrected chi connectivity index (χ3v) is 1.85. The number of nitrogens with two attached hydrogens (primary N) is 2. The highest BCUT2D eigenvalue weighted by atomic mass is 32.2. The topological polar surface area (TPSA) is 107 Å². The smallest absolute Gasteiger partial charge is 0.164 e. The fourth-order valence-electron chi connectivity index (χ4n) is 0.798. The molecule has 0 radical (unpaired) electrons. The molecule has 1 unspecified atom stereocenters. The largest absolute Gasteiger partial charge is 0.383 e. The SMILES string of the molecule is Cc1ncc(CNS(N)=O)c(N)n1. The molecule has 0 aromatic carbocycles.